The summed E-state index contributed by atoms with van der Waals surface area (Å²) in [4.78, 5) is 12.0. The van der Waals surface area contributed by atoms with Crippen LogP contribution in [0.4, 0.5) is 0 Å². The quantitative estimate of drug-likeness (QED) is 0.706. The molecule has 15 heavy (non-hydrogen) atoms. The zero-order valence-electron chi connectivity index (χ0n) is 9.29. The molecular weight excluding hydrogens is 192 g/mol. The van der Waals surface area contributed by atoms with Crippen molar-refractivity contribution in [3.05, 3.63) is 0 Å². The molecule has 0 aromatic carbocycles. The van der Waals surface area contributed by atoms with Crippen molar-refractivity contribution in [3.8, 4) is 0 Å². The lowest BCUT2D eigenvalue weighted by Gasteiger charge is -2.19. The van der Waals surface area contributed by atoms with Crippen LogP contribution < -0.4 is 10.6 Å². The van der Waals surface area contributed by atoms with Gasteiger partial charge < -0.3 is 15.4 Å². The summed E-state index contributed by atoms with van der Waals surface area (Å²) >= 11 is 0. The van der Waals surface area contributed by atoms with Gasteiger partial charge in [0.1, 0.15) is 0 Å². The van der Waals surface area contributed by atoms with Gasteiger partial charge in [0.15, 0.2) is 0 Å². The lowest BCUT2D eigenvalue weighted by molar-refractivity contribution is -0.127. The van der Waals surface area contributed by atoms with E-state index >= 15 is 0 Å². The number of hydrogen-bond donors (Lipinski definition) is 2. The minimum Gasteiger partial charge on any atom is -0.377 e. The first-order valence-electron chi connectivity index (χ1n) is 5.94. The highest BCUT2D eigenvalue weighted by Crippen LogP contribution is 2.23. The topological polar surface area (TPSA) is 50.4 Å². The van der Waals surface area contributed by atoms with Gasteiger partial charge in [-0.2, -0.15) is 0 Å². The van der Waals surface area contributed by atoms with Crippen LogP contribution in [0.2, 0.25) is 0 Å². The van der Waals surface area contributed by atoms with Crippen LogP contribution in [-0.4, -0.2) is 37.7 Å². The Morgan fingerprint density at radius 2 is 2.40 bits per heavy atom. The molecule has 2 unspecified atom stereocenters. The summed E-state index contributed by atoms with van der Waals surface area (Å²) in [5.41, 5.74) is 0. The van der Waals surface area contributed by atoms with E-state index in [4.69, 9.17) is 4.74 Å². The van der Waals surface area contributed by atoms with Crippen molar-refractivity contribution in [1.82, 2.24) is 10.6 Å². The molecular formula is C11H20N2O2. The highest BCUT2D eigenvalue weighted by atomic mass is 16.5. The van der Waals surface area contributed by atoms with Gasteiger partial charge in [0.2, 0.25) is 5.91 Å². The van der Waals surface area contributed by atoms with Crippen LogP contribution in [0, 0.1) is 5.92 Å². The summed E-state index contributed by atoms with van der Waals surface area (Å²) in [6.45, 7) is 4.74. The number of carbonyl (C=O) groups excluding carboxylic acids is 1. The average Bonchev–Trinajstić information content (AvgIpc) is 2.86. The molecule has 2 heterocycles. The summed E-state index contributed by atoms with van der Waals surface area (Å²) in [6.07, 6.45) is 3.00. The third kappa shape index (κ3) is 2.49. The Morgan fingerprint density at radius 3 is 3.07 bits per heavy atom. The summed E-state index contributed by atoms with van der Waals surface area (Å²) in [5, 5.41) is 6.35. The van der Waals surface area contributed by atoms with Crippen LogP contribution in [0.25, 0.3) is 0 Å². The number of amides is 1. The lowest BCUT2D eigenvalue weighted by atomic mass is 9.98. The van der Waals surface area contributed by atoms with E-state index in [0.717, 1.165) is 39.0 Å². The number of nitrogens with one attached hydrogen (secondary N) is 2. The van der Waals surface area contributed by atoms with Crippen LogP contribution >= 0.6 is 0 Å². The first-order chi connectivity index (χ1) is 7.31. The van der Waals surface area contributed by atoms with Gasteiger partial charge in [-0.05, 0) is 25.8 Å². The Bertz CT molecular complexity index is 227. The molecule has 0 aromatic rings. The van der Waals surface area contributed by atoms with Crippen molar-refractivity contribution in [2.24, 2.45) is 5.92 Å². The van der Waals surface area contributed by atoms with Gasteiger partial charge in [-0.25, -0.2) is 0 Å². The maximum atomic E-state index is 12.0. The van der Waals surface area contributed by atoms with E-state index < -0.39 is 0 Å². The van der Waals surface area contributed by atoms with Crippen molar-refractivity contribution in [2.75, 3.05) is 19.7 Å². The van der Waals surface area contributed by atoms with Gasteiger partial charge in [-0.3, -0.25) is 4.79 Å². The lowest BCUT2D eigenvalue weighted by Crippen LogP contribution is -2.42. The maximum absolute atomic E-state index is 12.0. The molecule has 4 nitrogen and oxygen atoms in total. The molecule has 0 aliphatic carbocycles. The van der Waals surface area contributed by atoms with Gasteiger partial charge in [-0.15, -0.1) is 0 Å². The van der Waals surface area contributed by atoms with E-state index in [1.54, 1.807) is 0 Å². The van der Waals surface area contributed by atoms with Crippen LogP contribution in [0.1, 0.15) is 26.2 Å². The third-order valence-electron chi connectivity index (χ3n) is 3.36. The van der Waals surface area contributed by atoms with Gasteiger partial charge >= 0.3 is 0 Å². The second-order valence-electron chi connectivity index (χ2n) is 4.41. The Hall–Kier alpha value is -0.610. The second kappa shape index (κ2) is 4.94. The van der Waals surface area contributed by atoms with Gasteiger partial charge in [0, 0.05) is 19.2 Å². The molecule has 0 spiro atoms. The largest absolute Gasteiger partial charge is 0.377 e. The normalized spacial score (nSPS) is 35.7. The van der Waals surface area contributed by atoms with Gasteiger partial charge in [0.25, 0.3) is 0 Å². The highest BCUT2D eigenvalue weighted by molar-refractivity contribution is 5.79. The van der Waals surface area contributed by atoms with Crippen LogP contribution in [0.15, 0.2) is 0 Å². The molecule has 2 N–H and O–H groups in total. The average molecular weight is 212 g/mol. The first-order valence-corrected chi connectivity index (χ1v) is 5.94. The van der Waals surface area contributed by atoms with Crippen molar-refractivity contribution in [2.45, 2.75) is 38.3 Å². The zero-order chi connectivity index (χ0) is 10.7. The fraction of sp³-hybridized carbons (Fsp3) is 0.909. The van der Waals surface area contributed by atoms with E-state index in [2.05, 4.69) is 17.6 Å². The monoisotopic (exact) mass is 212 g/mol. The summed E-state index contributed by atoms with van der Waals surface area (Å²) in [5.74, 6) is 0.267. The number of ether oxygens (including phenoxy) is 1. The fourth-order valence-corrected chi connectivity index (χ4v) is 2.44. The molecule has 0 bridgehead atoms. The second-order valence-corrected chi connectivity index (χ2v) is 4.41. The van der Waals surface area contributed by atoms with Crippen LogP contribution in [-0.2, 0) is 9.53 Å². The van der Waals surface area contributed by atoms with Crippen LogP contribution in [0.3, 0.4) is 0 Å². The Balaban J connectivity index is 1.83. The van der Waals surface area contributed by atoms with Crippen molar-refractivity contribution < 1.29 is 9.53 Å². The predicted octanol–water partition coefficient (Wildman–Crippen LogP) is 0.280. The van der Waals surface area contributed by atoms with Crippen molar-refractivity contribution in [1.29, 1.82) is 0 Å². The van der Waals surface area contributed by atoms with Gasteiger partial charge in [0.05, 0.1) is 12.0 Å². The van der Waals surface area contributed by atoms with E-state index in [9.17, 15) is 4.79 Å². The summed E-state index contributed by atoms with van der Waals surface area (Å²) in [6, 6.07) is 0.329. The first kappa shape index (κ1) is 10.9. The third-order valence-corrected chi connectivity index (χ3v) is 3.36. The number of carbonyl (C=O) groups is 1. The minimum atomic E-state index is 0.0793. The zero-order valence-corrected chi connectivity index (χ0v) is 9.29. The Morgan fingerprint density at radius 1 is 1.53 bits per heavy atom. The molecule has 2 saturated heterocycles. The predicted molar refractivity (Wildman–Crippen MR) is 57.6 cm³/mol. The summed E-state index contributed by atoms with van der Waals surface area (Å²) < 4.78 is 5.52. The Kier molecular flexibility index (Phi) is 3.59. The van der Waals surface area contributed by atoms with Crippen molar-refractivity contribution >= 4 is 5.91 Å². The molecule has 0 aromatic heterocycles. The van der Waals surface area contributed by atoms with E-state index in [1.165, 1.54) is 0 Å². The molecule has 0 saturated carbocycles. The Labute approximate surface area is 90.8 Å². The molecule has 86 valence electrons. The molecule has 0 radical (unpaired) electrons. The highest BCUT2D eigenvalue weighted by Gasteiger charge is 2.33. The smallest absolute Gasteiger partial charge is 0.226 e. The van der Waals surface area contributed by atoms with E-state index in [1.807, 2.05) is 0 Å². The van der Waals surface area contributed by atoms with Crippen molar-refractivity contribution in [3.63, 3.8) is 0 Å². The molecule has 2 aliphatic rings. The number of rotatable bonds is 3. The SMILES string of the molecule is CCC1OCCC1C(=O)N[C@@H]1CCNC1. The minimum absolute atomic E-state index is 0.0793. The molecule has 3 atom stereocenters. The van der Waals surface area contributed by atoms with Crippen LogP contribution in [0.5, 0.6) is 0 Å². The molecule has 4 heteroatoms. The fourth-order valence-electron chi connectivity index (χ4n) is 2.44. The standard InChI is InChI=1S/C11H20N2O2/c1-2-10-9(4-6-15-10)11(14)13-8-3-5-12-7-8/h8-10,12H,2-7H2,1H3,(H,13,14)/t8-,9?,10?/m1/s1. The molecule has 2 fully saturated rings. The molecule has 2 rings (SSSR count). The maximum Gasteiger partial charge on any atom is 0.226 e. The van der Waals surface area contributed by atoms with E-state index in [-0.39, 0.29) is 17.9 Å². The number of hydrogen-bond acceptors (Lipinski definition) is 3. The van der Waals surface area contributed by atoms with E-state index in [0.29, 0.717) is 6.04 Å². The van der Waals surface area contributed by atoms with Gasteiger partial charge in [-0.1, -0.05) is 6.92 Å². The molecule has 2 aliphatic heterocycles. The molecule has 1 amide bonds. The summed E-state index contributed by atoms with van der Waals surface area (Å²) in [7, 11) is 0.